The molecule has 2 aromatic heterocycles. The third kappa shape index (κ3) is 7.77. The van der Waals surface area contributed by atoms with Gasteiger partial charge in [0.15, 0.2) is 0 Å². The number of nitrogens with one attached hydrogen (secondary N) is 3. The number of aromatic nitrogens is 4. The van der Waals surface area contributed by atoms with Crippen molar-refractivity contribution in [3.05, 3.63) is 85.1 Å². The number of H-pyrrole nitrogens is 1. The van der Waals surface area contributed by atoms with Crippen molar-refractivity contribution in [3.8, 4) is 11.3 Å². The van der Waals surface area contributed by atoms with Crippen LogP contribution in [0.1, 0.15) is 37.9 Å². The molecule has 3 aromatic carbocycles. The Hall–Kier alpha value is -4.46. The standard InChI is InChI=1S/C21H25N3O.C10H11N3O/c1-22-21(25)11-5-3-2-4-10-20-23-15-19(24-20)18-13-12-16-8-6-7-9-17(16)14-18;1-11-10(14)6-13-7-12-8-4-2-3-5-9(8)13/h6-9,12-15H,2-5,10-11H2,1H3,(H,22,25)(H,23,24);2-5,7H,6H2,1H3,(H,11,14). The number of hydrogen-bond donors (Lipinski definition) is 3. The van der Waals surface area contributed by atoms with Crippen molar-refractivity contribution >= 4 is 33.6 Å². The lowest BCUT2D eigenvalue weighted by Crippen LogP contribution is -2.22. The molecule has 0 fully saturated rings. The maximum absolute atomic E-state index is 11.2. The van der Waals surface area contributed by atoms with Gasteiger partial charge in [-0.3, -0.25) is 9.59 Å². The van der Waals surface area contributed by atoms with Gasteiger partial charge in [-0.2, -0.15) is 0 Å². The Kier molecular flexibility index (Phi) is 9.83. The maximum atomic E-state index is 11.2. The molecule has 0 radical (unpaired) electrons. The molecule has 8 heteroatoms. The summed E-state index contributed by atoms with van der Waals surface area (Å²) in [6.45, 7) is 0.316. The Morgan fingerprint density at radius 2 is 1.56 bits per heavy atom. The molecule has 2 amide bonds. The lowest BCUT2D eigenvalue weighted by Gasteiger charge is -2.02. The minimum Gasteiger partial charge on any atom is -0.359 e. The number of likely N-dealkylation sites (N-methyl/N-ethyl adjacent to an activating group) is 1. The van der Waals surface area contributed by atoms with Gasteiger partial charge in [0.25, 0.3) is 0 Å². The van der Waals surface area contributed by atoms with Crippen molar-refractivity contribution in [2.45, 2.75) is 45.1 Å². The van der Waals surface area contributed by atoms with Crippen molar-refractivity contribution in [1.82, 2.24) is 30.2 Å². The number of nitrogens with zero attached hydrogens (tertiary/aromatic N) is 3. The van der Waals surface area contributed by atoms with Gasteiger partial charge < -0.3 is 20.2 Å². The van der Waals surface area contributed by atoms with E-state index in [9.17, 15) is 9.59 Å². The molecule has 5 aromatic rings. The Balaban J connectivity index is 0.000000212. The molecular weight excluding hydrogens is 488 g/mol. The van der Waals surface area contributed by atoms with Crippen LogP contribution in [0.25, 0.3) is 33.1 Å². The minimum atomic E-state index is -0.0202. The van der Waals surface area contributed by atoms with E-state index < -0.39 is 0 Å². The number of hydrogen-bond acceptors (Lipinski definition) is 4. The number of rotatable bonds is 10. The molecule has 8 nitrogen and oxygen atoms in total. The SMILES string of the molecule is CNC(=O)CCCCCCc1ncc(-c2ccc3ccccc3c2)[nH]1.CNC(=O)Cn1cnc2ccccc21. The molecule has 5 rings (SSSR count). The van der Waals surface area contributed by atoms with E-state index in [0.29, 0.717) is 13.0 Å². The van der Waals surface area contributed by atoms with E-state index in [0.717, 1.165) is 54.7 Å². The number of amides is 2. The van der Waals surface area contributed by atoms with Crippen LogP contribution in [-0.2, 0) is 22.6 Å². The average Bonchev–Trinajstić information content (AvgIpc) is 3.62. The van der Waals surface area contributed by atoms with Gasteiger partial charge in [0.05, 0.1) is 29.3 Å². The van der Waals surface area contributed by atoms with Gasteiger partial charge in [-0.1, -0.05) is 61.4 Å². The van der Waals surface area contributed by atoms with Gasteiger partial charge in [-0.05, 0) is 41.8 Å². The first-order chi connectivity index (χ1) is 19.1. The van der Waals surface area contributed by atoms with E-state index in [2.05, 4.69) is 68.1 Å². The van der Waals surface area contributed by atoms with Gasteiger partial charge in [0, 0.05) is 32.5 Å². The van der Waals surface area contributed by atoms with E-state index >= 15 is 0 Å². The molecule has 0 saturated heterocycles. The second-order valence-electron chi connectivity index (χ2n) is 9.43. The Bertz CT molecular complexity index is 1520. The summed E-state index contributed by atoms with van der Waals surface area (Å²) in [5, 5.41) is 7.73. The highest BCUT2D eigenvalue weighted by molar-refractivity contribution is 5.86. The summed E-state index contributed by atoms with van der Waals surface area (Å²) < 4.78 is 1.83. The molecule has 0 saturated carbocycles. The largest absolute Gasteiger partial charge is 0.359 e. The lowest BCUT2D eigenvalue weighted by molar-refractivity contribution is -0.121. The van der Waals surface area contributed by atoms with Crippen LogP contribution in [0.4, 0.5) is 0 Å². The molecule has 2 heterocycles. The molecule has 0 aliphatic carbocycles. The van der Waals surface area contributed by atoms with E-state index in [1.54, 1.807) is 20.4 Å². The predicted octanol–water partition coefficient (Wildman–Crippen LogP) is 5.25. The third-order valence-electron chi connectivity index (χ3n) is 6.66. The number of para-hydroxylation sites is 2. The van der Waals surface area contributed by atoms with E-state index in [1.165, 1.54) is 16.3 Å². The van der Waals surface area contributed by atoms with Crippen LogP contribution >= 0.6 is 0 Å². The number of aromatic amines is 1. The van der Waals surface area contributed by atoms with Crippen LogP contribution in [-0.4, -0.2) is 45.4 Å². The maximum Gasteiger partial charge on any atom is 0.239 e. The number of carbonyl (C=O) groups is 2. The van der Waals surface area contributed by atoms with Gasteiger partial charge >= 0.3 is 0 Å². The van der Waals surface area contributed by atoms with Gasteiger partial charge in [0.2, 0.25) is 11.8 Å². The number of aryl methyl sites for hydroxylation is 1. The van der Waals surface area contributed by atoms with Crippen LogP contribution in [0, 0.1) is 0 Å². The van der Waals surface area contributed by atoms with E-state index in [-0.39, 0.29) is 11.8 Å². The Morgan fingerprint density at radius 3 is 2.38 bits per heavy atom. The smallest absolute Gasteiger partial charge is 0.239 e. The molecule has 0 atom stereocenters. The quantitative estimate of drug-likeness (QED) is 0.217. The van der Waals surface area contributed by atoms with Crippen molar-refractivity contribution in [3.63, 3.8) is 0 Å². The molecule has 0 aliphatic heterocycles. The molecule has 0 spiro atoms. The fourth-order valence-electron chi connectivity index (χ4n) is 4.42. The summed E-state index contributed by atoms with van der Waals surface area (Å²) in [5.41, 5.74) is 4.14. The summed E-state index contributed by atoms with van der Waals surface area (Å²) in [5.74, 6) is 1.15. The van der Waals surface area contributed by atoms with Crippen molar-refractivity contribution in [2.24, 2.45) is 0 Å². The van der Waals surface area contributed by atoms with Crippen molar-refractivity contribution in [1.29, 1.82) is 0 Å². The van der Waals surface area contributed by atoms with Gasteiger partial charge in [0.1, 0.15) is 12.4 Å². The summed E-state index contributed by atoms with van der Waals surface area (Å²) in [4.78, 5) is 34.5. The zero-order valence-corrected chi connectivity index (χ0v) is 22.6. The fraction of sp³-hybridized carbons (Fsp3) is 0.290. The van der Waals surface area contributed by atoms with Crippen molar-refractivity contribution in [2.75, 3.05) is 14.1 Å². The number of fused-ring (bicyclic) bond motifs is 2. The number of benzene rings is 3. The summed E-state index contributed by atoms with van der Waals surface area (Å²) >= 11 is 0. The molecular formula is C31H36N6O2. The first-order valence-corrected chi connectivity index (χ1v) is 13.4. The molecule has 0 unspecified atom stereocenters. The molecule has 3 N–H and O–H groups in total. The second-order valence-corrected chi connectivity index (χ2v) is 9.43. The van der Waals surface area contributed by atoms with E-state index in [1.807, 2.05) is 35.0 Å². The number of unbranched alkanes of at least 4 members (excludes halogenated alkanes) is 3. The summed E-state index contributed by atoms with van der Waals surface area (Å²) in [6.07, 6.45) is 9.45. The first kappa shape index (κ1) is 27.6. The summed E-state index contributed by atoms with van der Waals surface area (Å²) in [6, 6.07) is 22.6. The second kappa shape index (κ2) is 13.9. The van der Waals surface area contributed by atoms with E-state index in [4.69, 9.17) is 0 Å². The number of carbonyl (C=O) groups excluding carboxylic acids is 2. The zero-order chi connectivity index (χ0) is 27.5. The normalized spacial score (nSPS) is 10.7. The topological polar surface area (TPSA) is 105 Å². The van der Waals surface area contributed by atoms with Crippen LogP contribution in [0.3, 0.4) is 0 Å². The van der Waals surface area contributed by atoms with Crippen LogP contribution in [0.2, 0.25) is 0 Å². The van der Waals surface area contributed by atoms with Crippen LogP contribution in [0.15, 0.2) is 79.3 Å². The third-order valence-corrected chi connectivity index (χ3v) is 6.66. The molecule has 39 heavy (non-hydrogen) atoms. The summed E-state index contributed by atoms with van der Waals surface area (Å²) in [7, 11) is 3.31. The van der Waals surface area contributed by atoms with Crippen LogP contribution in [0.5, 0.6) is 0 Å². The average molecular weight is 525 g/mol. The molecule has 0 aliphatic rings. The highest BCUT2D eigenvalue weighted by Crippen LogP contribution is 2.23. The minimum absolute atomic E-state index is 0.0202. The number of imidazole rings is 2. The van der Waals surface area contributed by atoms with Gasteiger partial charge in [-0.25, -0.2) is 9.97 Å². The Morgan fingerprint density at radius 1 is 0.821 bits per heavy atom. The highest BCUT2D eigenvalue weighted by atomic mass is 16.2. The molecule has 202 valence electrons. The lowest BCUT2D eigenvalue weighted by atomic mass is 10.1. The fourth-order valence-corrected chi connectivity index (χ4v) is 4.42. The van der Waals surface area contributed by atoms with Gasteiger partial charge in [-0.15, -0.1) is 0 Å². The van der Waals surface area contributed by atoms with Crippen molar-refractivity contribution < 1.29 is 9.59 Å². The zero-order valence-electron chi connectivity index (χ0n) is 22.6. The Labute approximate surface area is 228 Å². The van der Waals surface area contributed by atoms with Crippen LogP contribution < -0.4 is 10.6 Å². The first-order valence-electron chi connectivity index (χ1n) is 13.4. The monoisotopic (exact) mass is 524 g/mol. The predicted molar refractivity (Wildman–Crippen MR) is 156 cm³/mol. The molecule has 0 bridgehead atoms. The highest BCUT2D eigenvalue weighted by Gasteiger charge is 2.06.